The zero-order valence-electron chi connectivity index (χ0n) is 20.0. The zero-order chi connectivity index (χ0) is 25.0. The highest BCUT2D eigenvalue weighted by molar-refractivity contribution is 7.53. The molecule has 0 aliphatic rings. The molecular formula is C26H29N2O6P. The van der Waals surface area contributed by atoms with E-state index in [1.807, 2.05) is 48.5 Å². The lowest BCUT2D eigenvalue weighted by Crippen LogP contribution is -2.11. The molecule has 0 saturated carbocycles. The number of rotatable bonds is 11. The van der Waals surface area contributed by atoms with E-state index in [4.69, 9.17) is 24.3 Å². The zero-order valence-corrected chi connectivity index (χ0v) is 20.9. The number of amides is 1. The number of carbonyl (C=O) groups excluding carboxylic acids is 1. The summed E-state index contributed by atoms with van der Waals surface area (Å²) >= 11 is 0. The van der Waals surface area contributed by atoms with Crippen LogP contribution in [0.3, 0.4) is 0 Å². The Kier molecular flexibility index (Phi) is 7.45. The van der Waals surface area contributed by atoms with Gasteiger partial charge >= 0.3 is 7.60 Å². The number of nitrogens with zero attached hydrogens (tertiary/aromatic N) is 1. The number of aromatic nitrogens is 1. The Morgan fingerprint density at radius 1 is 0.943 bits per heavy atom. The van der Waals surface area contributed by atoms with E-state index in [9.17, 15) is 9.36 Å². The Morgan fingerprint density at radius 2 is 1.63 bits per heavy atom. The number of hydrogen-bond donors (Lipinski definition) is 1. The third kappa shape index (κ3) is 5.20. The van der Waals surface area contributed by atoms with E-state index in [0.29, 0.717) is 17.9 Å². The van der Waals surface area contributed by atoms with Gasteiger partial charge in [-0.1, -0.05) is 18.2 Å². The second kappa shape index (κ2) is 10.5. The van der Waals surface area contributed by atoms with Crippen molar-refractivity contribution in [2.24, 2.45) is 5.73 Å². The van der Waals surface area contributed by atoms with Gasteiger partial charge in [-0.3, -0.25) is 9.36 Å². The Labute approximate surface area is 204 Å². The van der Waals surface area contributed by atoms with Crippen molar-refractivity contribution in [3.05, 3.63) is 71.8 Å². The van der Waals surface area contributed by atoms with Crippen LogP contribution in [0.25, 0.3) is 21.8 Å². The van der Waals surface area contributed by atoms with Gasteiger partial charge < -0.3 is 28.8 Å². The van der Waals surface area contributed by atoms with Crippen molar-refractivity contribution in [3.63, 3.8) is 0 Å². The molecule has 1 heterocycles. The van der Waals surface area contributed by atoms with E-state index in [-0.39, 0.29) is 19.6 Å². The van der Waals surface area contributed by atoms with Crippen molar-refractivity contribution >= 4 is 35.3 Å². The topological polar surface area (TPSA) is 102 Å². The van der Waals surface area contributed by atoms with Crippen molar-refractivity contribution in [3.8, 4) is 11.5 Å². The highest BCUT2D eigenvalue weighted by atomic mass is 31.2. The predicted molar refractivity (Wildman–Crippen MR) is 136 cm³/mol. The van der Waals surface area contributed by atoms with Gasteiger partial charge in [0.1, 0.15) is 11.5 Å². The molecule has 0 radical (unpaired) electrons. The molecule has 0 saturated heterocycles. The average Bonchev–Trinajstić information content (AvgIpc) is 3.16. The Hall–Kier alpha value is -3.32. The number of primary amides is 1. The fourth-order valence-electron chi connectivity index (χ4n) is 4.17. The van der Waals surface area contributed by atoms with Crippen LogP contribution < -0.4 is 15.2 Å². The monoisotopic (exact) mass is 496 g/mol. The second-order valence-electron chi connectivity index (χ2n) is 7.90. The van der Waals surface area contributed by atoms with Crippen LogP contribution in [0, 0.1) is 0 Å². The smallest absolute Gasteiger partial charge is 0.367 e. The molecule has 4 rings (SSSR count). The van der Waals surface area contributed by atoms with Gasteiger partial charge in [0.05, 0.1) is 25.8 Å². The van der Waals surface area contributed by atoms with Gasteiger partial charge in [0.2, 0.25) is 5.91 Å². The summed E-state index contributed by atoms with van der Waals surface area (Å²) in [5, 5.41) is 1.55. The summed E-state index contributed by atoms with van der Waals surface area (Å²) in [5.41, 5.74) is 9.00. The highest BCUT2D eigenvalue weighted by Crippen LogP contribution is 2.48. The molecule has 9 heteroatoms. The molecule has 1 aromatic heterocycles. The first-order valence-corrected chi connectivity index (χ1v) is 13.1. The van der Waals surface area contributed by atoms with E-state index in [0.717, 1.165) is 33.1 Å². The average molecular weight is 497 g/mol. The van der Waals surface area contributed by atoms with E-state index >= 15 is 0 Å². The lowest BCUT2D eigenvalue weighted by atomic mass is 10.1. The molecule has 0 aliphatic heterocycles. The number of hydrogen-bond acceptors (Lipinski definition) is 6. The minimum absolute atomic E-state index is 0.215. The molecule has 0 unspecified atom stereocenters. The molecule has 4 aromatic rings. The van der Waals surface area contributed by atoms with E-state index in [1.54, 1.807) is 33.1 Å². The summed E-state index contributed by atoms with van der Waals surface area (Å²) in [6.45, 7) is 4.58. The minimum atomic E-state index is -3.38. The molecule has 3 aromatic carbocycles. The summed E-state index contributed by atoms with van der Waals surface area (Å²) in [6, 6.07) is 18.9. The van der Waals surface area contributed by atoms with Crippen LogP contribution >= 0.6 is 7.60 Å². The number of nitrogens with two attached hydrogens (primary N) is 1. The molecule has 0 atom stereocenters. The SMILES string of the molecule is CCOP(=O)(COc1ccc2c(c1)c1c(C(N)=O)cccc1n2Cc1ccc(OC)cc1)OCC. The molecule has 184 valence electrons. The second-order valence-corrected chi connectivity index (χ2v) is 9.89. The number of methoxy groups -OCH3 is 1. The Morgan fingerprint density at radius 3 is 2.26 bits per heavy atom. The van der Waals surface area contributed by atoms with E-state index in [2.05, 4.69) is 4.57 Å². The van der Waals surface area contributed by atoms with Gasteiger partial charge in [0, 0.05) is 28.4 Å². The first-order valence-electron chi connectivity index (χ1n) is 11.4. The molecule has 0 spiro atoms. The molecule has 0 bridgehead atoms. The van der Waals surface area contributed by atoms with Gasteiger partial charge in [-0.15, -0.1) is 0 Å². The molecule has 2 N–H and O–H groups in total. The van der Waals surface area contributed by atoms with Crippen molar-refractivity contribution < 1.29 is 27.9 Å². The van der Waals surface area contributed by atoms with Crippen LogP contribution in [-0.4, -0.2) is 37.1 Å². The maximum Gasteiger partial charge on any atom is 0.367 e. The van der Waals surface area contributed by atoms with Crippen LogP contribution in [0.2, 0.25) is 0 Å². The number of carbonyl (C=O) groups is 1. The van der Waals surface area contributed by atoms with Crippen molar-refractivity contribution in [2.45, 2.75) is 20.4 Å². The van der Waals surface area contributed by atoms with Crippen molar-refractivity contribution in [2.75, 3.05) is 26.7 Å². The number of benzene rings is 3. The van der Waals surface area contributed by atoms with Crippen molar-refractivity contribution in [1.29, 1.82) is 0 Å². The maximum atomic E-state index is 12.8. The largest absolute Gasteiger partial charge is 0.497 e. The first kappa shape index (κ1) is 24.8. The standard InChI is InChI=1S/C26H29N2O6P/c1-4-33-35(30,34-5-2)17-32-20-13-14-23-22(15-20)25-21(26(27)29)7-6-8-24(25)28(23)16-18-9-11-19(31-3)12-10-18/h6-15H,4-5,16-17H2,1-3H3,(H2,27,29). The summed E-state index contributed by atoms with van der Waals surface area (Å²) in [4.78, 5) is 12.3. The first-order chi connectivity index (χ1) is 16.9. The molecule has 8 nitrogen and oxygen atoms in total. The van der Waals surface area contributed by atoms with Gasteiger partial charge in [-0.05, 0) is 61.9 Å². The highest BCUT2D eigenvalue weighted by Gasteiger charge is 2.25. The maximum absolute atomic E-state index is 12.8. The van der Waals surface area contributed by atoms with Crippen LogP contribution in [0.5, 0.6) is 11.5 Å². The Bertz CT molecular complexity index is 1390. The van der Waals surface area contributed by atoms with Gasteiger partial charge in [0.25, 0.3) is 0 Å². The van der Waals surface area contributed by atoms with Crippen LogP contribution in [-0.2, 0) is 20.2 Å². The summed E-state index contributed by atoms with van der Waals surface area (Å²) in [6.07, 6.45) is -0.215. The number of ether oxygens (including phenoxy) is 2. The molecule has 0 fully saturated rings. The normalized spacial score (nSPS) is 11.7. The molecule has 0 aliphatic carbocycles. The van der Waals surface area contributed by atoms with Crippen LogP contribution in [0.4, 0.5) is 0 Å². The lowest BCUT2D eigenvalue weighted by Gasteiger charge is -2.17. The summed E-state index contributed by atoms with van der Waals surface area (Å²) < 4.78 is 36.7. The number of fused-ring (bicyclic) bond motifs is 3. The fraction of sp³-hybridized carbons (Fsp3) is 0.269. The van der Waals surface area contributed by atoms with Crippen LogP contribution in [0.1, 0.15) is 29.8 Å². The Balaban J connectivity index is 1.79. The van der Waals surface area contributed by atoms with Gasteiger partial charge in [0.15, 0.2) is 6.35 Å². The van der Waals surface area contributed by atoms with Gasteiger partial charge in [-0.25, -0.2) is 0 Å². The van der Waals surface area contributed by atoms with E-state index in [1.165, 1.54) is 0 Å². The summed E-state index contributed by atoms with van der Waals surface area (Å²) in [7, 11) is -1.74. The quantitative estimate of drug-likeness (QED) is 0.273. The summed E-state index contributed by atoms with van der Waals surface area (Å²) in [5.74, 6) is 0.757. The third-order valence-electron chi connectivity index (χ3n) is 5.67. The van der Waals surface area contributed by atoms with E-state index < -0.39 is 13.5 Å². The molecule has 1 amide bonds. The predicted octanol–water partition coefficient (Wildman–Crippen LogP) is 5.55. The lowest BCUT2D eigenvalue weighted by molar-refractivity contribution is 0.100. The molecule has 35 heavy (non-hydrogen) atoms. The third-order valence-corrected chi connectivity index (χ3v) is 7.42. The minimum Gasteiger partial charge on any atom is -0.497 e. The van der Waals surface area contributed by atoms with Crippen molar-refractivity contribution in [1.82, 2.24) is 4.57 Å². The molecular weight excluding hydrogens is 467 g/mol. The van der Waals surface area contributed by atoms with Crippen LogP contribution in [0.15, 0.2) is 60.7 Å². The van der Waals surface area contributed by atoms with Gasteiger partial charge in [-0.2, -0.15) is 0 Å². The fourth-order valence-corrected chi connectivity index (χ4v) is 5.48.